The molecule has 0 N–H and O–H groups in total. The summed E-state index contributed by atoms with van der Waals surface area (Å²) in [6.07, 6.45) is -0.720. The highest BCUT2D eigenvalue weighted by atomic mass is 79.9. The maximum Gasteiger partial charge on any atom is 0.513 e. The lowest BCUT2D eigenvalue weighted by Crippen LogP contribution is -2.07. The van der Waals surface area contributed by atoms with Gasteiger partial charge in [-0.1, -0.05) is 12.1 Å². The number of benzene rings is 1. The van der Waals surface area contributed by atoms with Crippen molar-refractivity contribution in [3.8, 4) is 5.75 Å². The summed E-state index contributed by atoms with van der Waals surface area (Å²) in [6, 6.07) is 7.04. The van der Waals surface area contributed by atoms with E-state index in [0.717, 1.165) is 4.47 Å². The maximum atomic E-state index is 10.7. The van der Waals surface area contributed by atoms with Crippen LogP contribution in [0.25, 0.3) is 0 Å². The molecule has 4 heteroatoms. The molecule has 0 fully saturated rings. The Balaban J connectivity index is 2.75. The largest absolute Gasteiger partial charge is 0.513 e. The first-order valence-electron chi connectivity index (χ1n) is 3.24. The second-order valence-electron chi connectivity index (χ2n) is 1.99. The highest BCUT2D eigenvalue weighted by Gasteiger charge is 2.05. The van der Waals surface area contributed by atoms with Crippen LogP contribution in [-0.4, -0.2) is 13.3 Å². The van der Waals surface area contributed by atoms with Gasteiger partial charge in [-0.15, -0.1) is 0 Å². The molecule has 0 amide bonds. The summed E-state index contributed by atoms with van der Waals surface area (Å²) < 4.78 is 9.83. The summed E-state index contributed by atoms with van der Waals surface area (Å²) in [6.45, 7) is 0. The summed E-state index contributed by atoms with van der Waals surface area (Å²) >= 11 is 3.22. The van der Waals surface area contributed by atoms with Gasteiger partial charge in [-0.05, 0) is 28.1 Å². The molecule has 0 aliphatic heterocycles. The Bertz CT molecular complexity index is 285. The van der Waals surface area contributed by atoms with E-state index in [1.807, 2.05) is 6.07 Å². The number of carbonyl (C=O) groups excluding carboxylic acids is 1. The molecule has 1 aromatic carbocycles. The minimum atomic E-state index is -0.720. The molecule has 0 radical (unpaired) electrons. The van der Waals surface area contributed by atoms with Gasteiger partial charge in [-0.2, -0.15) is 0 Å². The van der Waals surface area contributed by atoms with E-state index in [-0.39, 0.29) is 0 Å². The van der Waals surface area contributed by atoms with Gasteiger partial charge in [0, 0.05) is 0 Å². The molecule has 0 bridgehead atoms. The fraction of sp³-hybridized carbons (Fsp3) is 0.125. The predicted molar refractivity (Wildman–Crippen MR) is 47.2 cm³/mol. The van der Waals surface area contributed by atoms with Crippen LogP contribution in [0, 0.1) is 0 Å². The van der Waals surface area contributed by atoms with Crippen LogP contribution in [-0.2, 0) is 4.74 Å². The third-order valence-corrected chi connectivity index (χ3v) is 1.85. The van der Waals surface area contributed by atoms with Crippen LogP contribution in [0.2, 0.25) is 0 Å². The second kappa shape index (κ2) is 4.11. The van der Waals surface area contributed by atoms with Gasteiger partial charge in [0.2, 0.25) is 0 Å². The molecule has 0 aliphatic rings. The van der Waals surface area contributed by atoms with Crippen LogP contribution in [0.4, 0.5) is 4.79 Å². The monoisotopic (exact) mass is 230 g/mol. The van der Waals surface area contributed by atoms with Crippen LogP contribution in [0.15, 0.2) is 28.7 Å². The average molecular weight is 231 g/mol. The van der Waals surface area contributed by atoms with Gasteiger partial charge in [-0.3, -0.25) is 0 Å². The molecule has 0 unspecified atom stereocenters. The number of methoxy groups -OCH3 is 1. The van der Waals surface area contributed by atoms with Gasteiger partial charge in [0.15, 0.2) is 0 Å². The van der Waals surface area contributed by atoms with Crippen molar-refractivity contribution in [2.75, 3.05) is 7.11 Å². The van der Waals surface area contributed by atoms with E-state index in [0.29, 0.717) is 5.75 Å². The minimum Gasteiger partial charge on any atom is -0.437 e. The number of hydrogen-bond donors (Lipinski definition) is 0. The first-order valence-corrected chi connectivity index (χ1v) is 4.03. The molecule has 0 spiro atoms. The van der Waals surface area contributed by atoms with Crippen LogP contribution in [0.5, 0.6) is 5.75 Å². The lowest BCUT2D eigenvalue weighted by atomic mass is 10.3. The summed E-state index contributed by atoms with van der Waals surface area (Å²) in [7, 11) is 1.26. The van der Waals surface area contributed by atoms with Crippen LogP contribution >= 0.6 is 15.9 Å². The lowest BCUT2D eigenvalue weighted by Gasteiger charge is -2.03. The molecule has 12 heavy (non-hydrogen) atoms. The second-order valence-corrected chi connectivity index (χ2v) is 2.84. The van der Waals surface area contributed by atoms with Crippen LogP contribution in [0.3, 0.4) is 0 Å². The highest BCUT2D eigenvalue weighted by Crippen LogP contribution is 2.23. The minimum absolute atomic E-state index is 0.448. The first-order chi connectivity index (χ1) is 5.74. The van der Waals surface area contributed by atoms with Crippen molar-refractivity contribution in [1.29, 1.82) is 0 Å². The summed E-state index contributed by atoms with van der Waals surface area (Å²) in [4.78, 5) is 10.7. The van der Waals surface area contributed by atoms with E-state index in [9.17, 15) is 4.79 Å². The fourth-order valence-electron chi connectivity index (χ4n) is 0.659. The molecule has 1 rings (SSSR count). The molecule has 1 aromatic rings. The van der Waals surface area contributed by atoms with Gasteiger partial charge in [0.05, 0.1) is 11.6 Å². The predicted octanol–water partition coefficient (Wildman–Crippen LogP) is 2.59. The van der Waals surface area contributed by atoms with Crippen molar-refractivity contribution < 1.29 is 14.3 Å². The summed E-state index contributed by atoms with van der Waals surface area (Å²) in [5.41, 5.74) is 0. The fourth-order valence-corrected chi connectivity index (χ4v) is 1.02. The van der Waals surface area contributed by atoms with Crippen molar-refractivity contribution in [1.82, 2.24) is 0 Å². The SMILES string of the molecule is COC(=O)Oc1ccccc1Br. The Kier molecular flexibility index (Phi) is 3.10. The number of carbonyl (C=O) groups is 1. The van der Waals surface area contributed by atoms with Gasteiger partial charge >= 0.3 is 6.16 Å². The highest BCUT2D eigenvalue weighted by molar-refractivity contribution is 9.10. The normalized spacial score (nSPS) is 9.17. The van der Waals surface area contributed by atoms with Crippen molar-refractivity contribution in [3.63, 3.8) is 0 Å². The van der Waals surface area contributed by atoms with Crippen molar-refractivity contribution in [3.05, 3.63) is 28.7 Å². The Labute approximate surface area is 78.4 Å². The van der Waals surface area contributed by atoms with Gasteiger partial charge in [-0.25, -0.2) is 4.79 Å². The maximum absolute atomic E-state index is 10.7. The molecule has 3 nitrogen and oxygen atoms in total. The van der Waals surface area contributed by atoms with E-state index < -0.39 is 6.16 Å². The van der Waals surface area contributed by atoms with Gasteiger partial charge in [0.25, 0.3) is 0 Å². The van der Waals surface area contributed by atoms with E-state index in [4.69, 9.17) is 4.74 Å². The van der Waals surface area contributed by atoms with Crippen molar-refractivity contribution in [2.24, 2.45) is 0 Å². The topological polar surface area (TPSA) is 35.5 Å². The Morgan fingerprint density at radius 2 is 2.08 bits per heavy atom. The molecular formula is C8H7BrO3. The molecule has 0 aliphatic carbocycles. The average Bonchev–Trinajstić information content (AvgIpc) is 2.09. The Morgan fingerprint density at radius 1 is 1.42 bits per heavy atom. The van der Waals surface area contributed by atoms with E-state index in [1.165, 1.54) is 7.11 Å². The summed E-state index contributed by atoms with van der Waals surface area (Å²) in [5.74, 6) is 0.448. The van der Waals surface area contributed by atoms with E-state index in [2.05, 4.69) is 20.7 Å². The Hall–Kier alpha value is -1.03. The third kappa shape index (κ3) is 2.23. The van der Waals surface area contributed by atoms with E-state index in [1.54, 1.807) is 18.2 Å². The molecule has 64 valence electrons. The lowest BCUT2D eigenvalue weighted by molar-refractivity contribution is 0.121. The van der Waals surface area contributed by atoms with Crippen molar-refractivity contribution >= 4 is 22.1 Å². The van der Waals surface area contributed by atoms with Crippen LogP contribution < -0.4 is 4.74 Å². The standard InChI is InChI=1S/C8H7BrO3/c1-11-8(10)12-7-5-3-2-4-6(7)9/h2-5H,1H3. The smallest absolute Gasteiger partial charge is 0.437 e. The third-order valence-electron chi connectivity index (χ3n) is 1.20. The Morgan fingerprint density at radius 3 is 2.67 bits per heavy atom. The molecule has 0 saturated carbocycles. The molecular weight excluding hydrogens is 224 g/mol. The van der Waals surface area contributed by atoms with E-state index >= 15 is 0 Å². The van der Waals surface area contributed by atoms with Gasteiger partial charge < -0.3 is 9.47 Å². The molecule has 0 heterocycles. The molecule has 0 aromatic heterocycles. The number of hydrogen-bond acceptors (Lipinski definition) is 3. The molecule has 0 saturated heterocycles. The summed E-state index contributed by atoms with van der Waals surface area (Å²) in [5, 5.41) is 0. The zero-order valence-corrected chi connectivity index (χ0v) is 8.00. The quantitative estimate of drug-likeness (QED) is 0.550. The first kappa shape index (κ1) is 9.06. The zero-order chi connectivity index (χ0) is 8.97. The zero-order valence-electron chi connectivity index (χ0n) is 6.41. The molecule has 0 atom stereocenters. The number of rotatable bonds is 1. The number of ether oxygens (including phenoxy) is 2. The number of halogens is 1. The van der Waals surface area contributed by atoms with Gasteiger partial charge in [0.1, 0.15) is 5.75 Å². The number of para-hydroxylation sites is 1. The van der Waals surface area contributed by atoms with Crippen LogP contribution in [0.1, 0.15) is 0 Å². The van der Waals surface area contributed by atoms with Crippen molar-refractivity contribution in [2.45, 2.75) is 0 Å².